The van der Waals surface area contributed by atoms with Crippen LogP contribution in [0.4, 0.5) is 10.1 Å². The Bertz CT molecular complexity index is 328. The predicted octanol–water partition coefficient (Wildman–Crippen LogP) is 1.66. The predicted molar refractivity (Wildman–Crippen MR) is 27.5 cm³/mol. The van der Waals surface area contributed by atoms with Crippen molar-refractivity contribution in [3.05, 3.63) is 17.8 Å². The Morgan fingerprint density at radius 2 is 2.30 bits per heavy atom. The zero-order chi connectivity index (χ0) is 7.14. The van der Waals surface area contributed by atoms with Crippen LogP contribution in [0.1, 0.15) is 10.6 Å². The molecule has 5 heteroatoms. The molecule has 50 valence electrons. The summed E-state index contributed by atoms with van der Waals surface area (Å²) in [7, 11) is 0. The van der Waals surface area contributed by atoms with Crippen LogP contribution in [0.3, 0.4) is 0 Å². The smallest absolute Gasteiger partial charge is 0.333 e. The number of halogens is 1. The number of amides is 1. The quantitative estimate of drug-likeness (QED) is 0.550. The number of hydrogen-bond donors (Lipinski definition) is 0. The fourth-order valence-corrected chi connectivity index (χ4v) is 0.724. The van der Waals surface area contributed by atoms with Crippen LogP contribution in [0.15, 0.2) is 20.7 Å². The van der Waals surface area contributed by atoms with E-state index in [1.807, 2.05) is 0 Å². The highest BCUT2D eigenvalue weighted by atomic mass is 19.1. The molecule has 0 aliphatic carbocycles. The fourth-order valence-electron chi connectivity index (χ4n) is 0.724. The lowest BCUT2D eigenvalue weighted by atomic mass is 10.4. The Hall–Kier alpha value is -1.52. The van der Waals surface area contributed by atoms with Crippen LogP contribution in [0, 0.1) is 6.01 Å². The van der Waals surface area contributed by atoms with Crippen molar-refractivity contribution >= 4 is 11.6 Å². The molecule has 0 unspecified atom stereocenters. The lowest BCUT2D eigenvalue weighted by Crippen LogP contribution is -1.84. The van der Waals surface area contributed by atoms with Crippen molar-refractivity contribution in [1.82, 2.24) is 0 Å². The van der Waals surface area contributed by atoms with Crippen LogP contribution in [0.5, 0.6) is 0 Å². The van der Waals surface area contributed by atoms with Gasteiger partial charge in [-0.2, -0.15) is 4.39 Å². The van der Waals surface area contributed by atoms with Crippen LogP contribution in [0.25, 0.3) is 0 Å². The van der Waals surface area contributed by atoms with Crippen molar-refractivity contribution in [2.24, 2.45) is 10.2 Å². The SMILES string of the molecule is O=C1N=Nc2cc(F)oc21. The average molecular weight is 140 g/mol. The molecule has 0 fully saturated rings. The van der Waals surface area contributed by atoms with Gasteiger partial charge in [0.15, 0.2) is 0 Å². The maximum absolute atomic E-state index is 12.2. The number of azo groups is 1. The molecule has 0 N–H and O–H groups in total. The van der Waals surface area contributed by atoms with Gasteiger partial charge in [0.05, 0.1) is 0 Å². The molecular formula is C5HFN2O2. The van der Waals surface area contributed by atoms with Gasteiger partial charge in [-0.05, 0) is 0 Å². The lowest BCUT2D eigenvalue weighted by molar-refractivity contribution is 0.0969. The van der Waals surface area contributed by atoms with E-state index in [-0.39, 0.29) is 11.4 Å². The maximum atomic E-state index is 12.2. The highest BCUT2D eigenvalue weighted by Crippen LogP contribution is 2.28. The number of fused-ring (bicyclic) bond motifs is 1. The molecule has 0 atom stereocenters. The third-order valence-electron chi connectivity index (χ3n) is 1.13. The Kier molecular flexibility index (Phi) is 0.791. The number of furan rings is 1. The van der Waals surface area contributed by atoms with E-state index in [1.165, 1.54) is 0 Å². The van der Waals surface area contributed by atoms with Gasteiger partial charge in [0.1, 0.15) is 5.69 Å². The Labute approximate surface area is 54.4 Å². The minimum Gasteiger partial charge on any atom is -0.423 e. The number of carbonyl (C=O) groups excluding carboxylic acids is 1. The number of carbonyl (C=O) groups is 1. The first-order valence-corrected chi connectivity index (χ1v) is 2.53. The molecule has 1 aromatic heterocycles. The molecule has 1 amide bonds. The van der Waals surface area contributed by atoms with Gasteiger partial charge in [0.25, 0.3) is 6.01 Å². The van der Waals surface area contributed by atoms with Gasteiger partial charge in [-0.3, -0.25) is 4.79 Å². The molecule has 2 heterocycles. The summed E-state index contributed by atoms with van der Waals surface area (Å²) in [4.78, 5) is 10.6. The molecule has 0 aromatic carbocycles. The van der Waals surface area contributed by atoms with E-state index in [9.17, 15) is 9.18 Å². The van der Waals surface area contributed by atoms with Gasteiger partial charge in [-0.15, -0.1) is 10.2 Å². The van der Waals surface area contributed by atoms with Gasteiger partial charge >= 0.3 is 5.91 Å². The first-order chi connectivity index (χ1) is 4.77. The van der Waals surface area contributed by atoms with Gasteiger partial charge < -0.3 is 4.42 Å². The first kappa shape index (κ1) is 5.28. The summed E-state index contributed by atoms with van der Waals surface area (Å²) in [6.07, 6.45) is 0. The number of hydrogen-bond acceptors (Lipinski definition) is 3. The highest BCUT2D eigenvalue weighted by molar-refractivity contribution is 5.98. The molecule has 0 spiro atoms. The summed E-state index contributed by atoms with van der Waals surface area (Å²) >= 11 is 0. The lowest BCUT2D eigenvalue weighted by Gasteiger charge is -1.76. The Balaban J connectivity index is 2.68. The van der Waals surface area contributed by atoms with Crippen LogP contribution in [-0.4, -0.2) is 5.91 Å². The molecule has 0 radical (unpaired) electrons. The molecule has 0 saturated carbocycles. The fraction of sp³-hybridized carbons (Fsp3) is 0. The molecule has 1 aromatic rings. The van der Waals surface area contributed by atoms with Crippen LogP contribution in [-0.2, 0) is 0 Å². The minimum atomic E-state index is -0.808. The Morgan fingerprint density at radius 3 is 3.00 bits per heavy atom. The van der Waals surface area contributed by atoms with E-state index >= 15 is 0 Å². The average Bonchev–Trinajstić information content (AvgIpc) is 2.35. The van der Waals surface area contributed by atoms with Crippen molar-refractivity contribution in [3.63, 3.8) is 0 Å². The second-order valence-electron chi connectivity index (χ2n) is 1.77. The topological polar surface area (TPSA) is 54.9 Å². The van der Waals surface area contributed by atoms with E-state index in [2.05, 4.69) is 14.6 Å². The van der Waals surface area contributed by atoms with Crippen LogP contribution >= 0.6 is 0 Å². The van der Waals surface area contributed by atoms with Crippen molar-refractivity contribution in [3.8, 4) is 0 Å². The summed E-state index contributed by atoms with van der Waals surface area (Å²) in [6, 6.07) is 0.209. The molecule has 0 bridgehead atoms. The third-order valence-corrected chi connectivity index (χ3v) is 1.13. The zero-order valence-electron chi connectivity index (χ0n) is 4.67. The molecule has 1 aliphatic rings. The summed E-state index contributed by atoms with van der Waals surface area (Å²) in [5.41, 5.74) is 0.169. The van der Waals surface area contributed by atoms with Crippen molar-refractivity contribution in [1.29, 1.82) is 0 Å². The third kappa shape index (κ3) is 0.513. The van der Waals surface area contributed by atoms with Gasteiger partial charge in [-0.1, -0.05) is 0 Å². The molecular weight excluding hydrogens is 139 g/mol. The molecule has 2 rings (SSSR count). The molecule has 4 nitrogen and oxygen atoms in total. The van der Waals surface area contributed by atoms with Crippen molar-refractivity contribution < 1.29 is 13.6 Å². The second-order valence-corrected chi connectivity index (χ2v) is 1.77. The van der Waals surface area contributed by atoms with Gasteiger partial charge in [0, 0.05) is 6.07 Å². The highest BCUT2D eigenvalue weighted by Gasteiger charge is 2.23. The zero-order valence-corrected chi connectivity index (χ0v) is 4.67. The number of nitrogens with zero attached hydrogens (tertiary/aromatic N) is 2. The molecule has 1 aliphatic heterocycles. The number of rotatable bonds is 0. The van der Waals surface area contributed by atoms with E-state index in [0.29, 0.717) is 0 Å². The maximum Gasteiger partial charge on any atom is 0.333 e. The van der Waals surface area contributed by atoms with Crippen molar-refractivity contribution in [2.75, 3.05) is 0 Å². The standard InChI is InChI=1S/C5HFN2O2/c6-3-1-2-4(10-3)5(9)8-7-2/h1H. The second kappa shape index (κ2) is 1.50. The van der Waals surface area contributed by atoms with E-state index in [1.54, 1.807) is 0 Å². The summed E-state index contributed by atoms with van der Waals surface area (Å²) in [5, 5.41) is 6.47. The van der Waals surface area contributed by atoms with Crippen LogP contribution in [0.2, 0.25) is 0 Å². The molecule has 0 saturated heterocycles. The van der Waals surface area contributed by atoms with Crippen LogP contribution < -0.4 is 0 Å². The first-order valence-electron chi connectivity index (χ1n) is 2.53. The summed E-state index contributed by atoms with van der Waals surface area (Å²) in [5.74, 6) is -0.739. The minimum absolute atomic E-state index is 0.113. The van der Waals surface area contributed by atoms with E-state index < -0.39 is 11.9 Å². The Morgan fingerprint density at radius 1 is 1.50 bits per heavy atom. The van der Waals surface area contributed by atoms with E-state index in [0.717, 1.165) is 6.07 Å². The molecule has 10 heavy (non-hydrogen) atoms. The van der Waals surface area contributed by atoms with Gasteiger partial charge in [-0.25, -0.2) is 0 Å². The summed E-state index contributed by atoms with van der Waals surface area (Å²) < 4.78 is 16.5. The monoisotopic (exact) mass is 140 g/mol. The van der Waals surface area contributed by atoms with Gasteiger partial charge in [0.2, 0.25) is 5.76 Å². The van der Waals surface area contributed by atoms with E-state index in [4.69, 9.17) is 0 Å². The summed E-state index contributed by atoms with van der Waals surface area (Å²) in [6.45, 7) is 0. The normalized spacial score (nSPS) is 14.3. The largest absolute Gasteiger partial charge is 0.423 e. The van der Waals surface area contributed by atoms with Crippen molar-refractivity contribution in [2.45, 2.75) is 0 Å².